The highest BCUT2D eigenvalue weighted by atomic mass is 32.1. The van der Waals surface area contributed by atoms with Gasteiger partial charge in [0, 0.05) is 16.6 Å². The van der Waals surface area contributed by atoms with E-state index < -0.39 is 0 Å². The lowest BCUT2D eigenvalue weighted by molar-refractivity contribution is 0.427. The molecule has 100 valence electrons. The summed E-state index contributed by atoms with van der Waals surface area (Å²) in [4.78, 5) is 5.97. The van der Waals surface area contributed by atoms with E-state index in [1.54, 1.807) is 11.3 Å². The molecule has 0 aliphatic heterocycles. The molecule has 1 aliphatic rings. The smallest absolute Gasteiger partial charge is 0.0957 e. The van der Waals surface area contributed by atoms with Crippen molar-refractivity contribution < 1.29 is 0 Å². The molecule has 3 heteroatoms. The quantitative estimate of drug-likeness (QED) is 0.905. The van der Waals surface area contributed by atoms with Crippen LogP contribution < -0.4 is 5.73 Å². The Bertz CT molecular complexity index is 560. The normalized spacial score (nSPS) is 18.3. The van der Waals surface area contributed by atoms with Crippen molar-refractivity contribution in [2.45, 2.75) is 39.0 Å². The van der Waals surface area contributed by atoms with E-state index in [1.165, 1.54) is 48.1 Å². The molecule has 0 amide bonds. The van der Waals surface area contributed by atoms with Gasteiger partial charge in [-0.3, -0.25) is 4.98 Å². The highest BCUT2D eigenvalue weighted by molar-refractivity contribution is 7.16. The van der Waals surface area contributed by atoms with Gasteiger partial charge in [-0.1, -0.05) is 25.8 Å². The zero-order valence-electron chi connectivity index (χ0n) is 11.4. The monoisotopic (exact) mass is 272 g/mol. The van der Waals surface area contributed by atoms with Crippen LogP contribution in [0.5, 0.6) is 0 Å². The SMILES string of the molecule is CCCC1CCc2c(sc(N)c2-c2ccccn2)C1. The number of hydrogen-bond donors (Lipinski definition) is 1. The lowest BCUT2D eigenvalue weighted by atomic mass is 9.84. The van der Waals surface area contributed by atoms with Gasteiger partial charge in [-0.25, -0.2) is 0 Å². The summed E-state index contributed by atoms with van der Waals surface area (Å²) in [5, 5.41) is 0.945. The number of nitrogens with zero attached hydrogens (tertiary/aromatic N) is 1. The average molecular weight is 272 g/mol. The molecule has 2 heterocycles. The van der Waals surface area contributed by atoms with Gasteiger partial charge in [-0.2, -0.15) is 0 Å². The molecule has 1 unspecified atom stereocenters. The lowest BCUT2D eigenvalue weighted by Gasteiger charge is -2.22. The molecule has 1 atom stereocenters. The maximum atomic E-state index is 6.25. The zero-order chi connectivity index (χ0) is 13.2. The van der Waals surface area contributed by atoms with Crippen LogP contribution in [0.2, 0.25) is 0 Å². The van der Waals surface area contributed by atoms with Gasteiger partial charge in [0.2, 0.25) is 0 Å². The Balaban J connectivity index is 1.97. The Morgan fingerprint density at radius 3 is 3.05 bits per heavy atom. The maximum absolute atomic E-state index is 6.25. The lowest BCUT2D eigenvalue weighted by Crippen LogP contribution is -2.12. The van der Waals surface area contributed by atoms with Crippen LogP contribution in [0.15, 0.2) is 24.4 Å². The fourth-order valence-corrected chi connectivity index (χ4v) is 4.36. The third-order valence-corrected chi connectivity index (χ3v) is 5.10. The van der Waals surface area contributed by atoms with Crippen molar-refractivity contribution in [1.29, 1.82) is 0 Å². The van der Waals surface area contributed by atoms with Crippen LogP contribution in [0.1, 0.15) is 36.6 Å². The number of hydrogen-bond acceptors (Lipinski definition) is 3. The zero-order valence-corrected chi connectivity index (χ0v) is 12.2. The highest BCUT2D eigenvalue weighted by Gasteiger charge is 2.25. The Kier molecular flexibility index (Phi) is 3.56. The Hall–Kier alpha value is -1.35. The van der Waals surface area contributed by atoms with Gasteiger partial charge >= 0.3 is 0 Å². The van der Waals surface area contributed by atoms with Crippen molar-refractivity contribution in [3.63, 3.8) is 0 Å². The minimum atomic E-state index is 0.854. The Morgan fingerprint density at radius 1 is 1.42 bits per heavy atom. The average Bonchev–Trinajstić information content (AvgIpc) is 2.75. The van der Waals surface area contributed by atoms with Crippen molar-refractivity contribution in [3.05, 3.63) is 34.8 Å². The highest BCUT2D eigenvalue weighted by Crippen LogP contribution is 2.43. The number of fused-ring (bicyclic) bond motifs is 1. The van der Waals surface area contributed by atoms with E-state index in [4.69, 9.17) is 5.73 Å². The van der Waals surface area contributed by atoms with Gasteiger partial charge in [0.05, 0.1) is 10.7 Å². The van der Waals surface area contributed by atoms with E-state index in [-0.39, 0.29) is 0 Å². The summed E-state index contributed by atoms with van der Waals surface area (Å²) in [6.07, 6.45) is 8.16. The Morgan fingerprint density at radius 2 is 2.32 bits per heavy atom. The molecule has 1 aliphatic carbocycles. The number of aromatic nitrogens is 1. The first-order valence-electron chi connectivity index (χ1n) is 7.11. The largest absolute Gasteiger partial charge is 0.390 e. The number of nitrogen functional groups attached to an aromatic ring is 1. The molecule has 2 N–H and O–H groups in total. The molecule has 2 aromatic heterocycles. The third kappa shape index (κ3) is 2.39. The minimum Gasteiger partial charge on any atom is -0.390 e. The van der Waals surface area contributed by atoms with Crippen LogP contribution >= 0.6 is 11.3 Å². The van der Waals surface area contributed by atoms with E-state index in [2.05, 4.69) is 18.0 Å². The first kappa shape index (κ1) is 12.7. The molecule has 0 radical (unpaired) electrons. The second kappa shape index (κ2) is 5.33. The fourth-order valence-electron chi connectivity index (χ4n) is 3.12. The van der Waals surface area contributed by atoms with E-state index in [9.17, 15) is 0 Å². The number of nitrogens with two attached hydrogens (primary N) is 1. The predicted molar refractivity (Wildman–Crippen MR) is 82.4 cm³/mol. The molecule has 0 fully saturated rings. The summed E-state index contributed by atoms with van der Waals surface area (Å²) in [6.45, 7) is 2.28. The van der Waals surface area contributed by atoms with Crippen molar-refractivity contribution in [2.75, 3.05) is 5.73 Å². The summed E-state index contributed by atoms with van der Waals surface area (Å²) in [5.41, 5.74) is 9.96. The molecular formula is C16H20N2S. The molecule has 0 aromatic carbocycles. The van der Waals surface area contributed by atoms with Crippen LogP contribution in [-0.4, -0.2) is 4.98 Å². The van der Waals surface area contributed by atoms with Crippen LogP contribution in [-0.2, 0) is 12.8 Å². The van der Waals surface area contributed by atoms with E-state index >= 15 is 0 Å². The second-order valence-electron chi connectivity index (χ2n) is 5.36. The minimum absolute atomic E-state index is 0.854. The topological polar surface area (TPSA) is 38.9 Å². The first-order chi connectivity index (χ1) is 9.29. The Labute approximate surface area is 118 Å². The van der Waals surface area contributed by atoms with Crippen molar-refractivity contribution in [1.82, 2.24) is 4.98 Å². The summed E-state index contributed by atoms with van der Waals surface area (Å²) in [5.74, 6) is 0.854. The predicted octanol–water partition coefficient (Wildman–Crippen LogP) is 4.30. The summed E-state index contributed by atoms with van der Waals surface area (Å²) < 4.78 is 0. The number of anilines is 1. The van der Waals surface area contributed by atoms with Crippen LogP contribution in [0.3, 0.4) is 0 Å². The number of pyridine rings is 1. The molecule has 0 bridgehead atoms. The van der Waals surface area contributed by atoms with Gasteiger partial charge in [0.1, 0.15) is 0 Å². The molecule has 0 spiro atoms. The van der Waals surface area contributed by atoms with Crippen LogP contribution in [0.4, 0.5) is 5.00 Å². The molecule has 19 heavy (non-hydrogen) atoms. The fraction of sp³-hybridized carbons (Fsp3) is 0.438. The number of rotatable bonds is 3. The van der Waals surface area contributed by atoms with Gasteiger partial charge in [-0.05, 0) is 42.9 Å². The van der Waals surface area contributed by atoms with E-state index in [0.29, 0.717) is 0 Å². The standard InChI is InChI=1S/C16H20N2S/c1-2-5-11-7-8-12-14(10-11)19-16(17)15(12)13-6-3-4-9-18-13/h3-4,6,9,11H,2,5,7-8,10,17H2,1H3. The van der Waals surface area contributed by atoms with Crippen molar-refractivity contribution in [3.8, 4) is 11.3 Å². The van der Waals surface area contributed by atoms with E-state index in [0.717, 1.165) is 16.6 Å². The molecule has 0 saturated carbocycles. The molecular weight excluding hydrogens is 252 g/mol. The molecule has 0 saturated heterocycles. The molecule has 3 rings (SSSR count). The summed E-state index contributed by atoms with van der Waals surface area (Å²) in [6, 6.07) is 6.06. The van der Waals surface area contributed by atoms with Crippen molar-refractivity contribution in [2.24, 2.45) is 5.92 Å². The van der Waals surface area contributed by atoms with Gasteiger partial charge in [0.15, 0.2) is 0 Å². The number of thiophene rings is 1. The maximum Gasteiger partial charge on any atom is 0.0957 e. The second-order valence-corrected chi connectivity index (χ2v) is 6.49. The van der Waals surface area contributed by atoms with Crippen molar-refractivity contribution >= 4 is 16.3 Å². The van der Waals surface area contributed by atoms with Crippen LogP contribution in [0, 0.1) is 5.92 Å². The summed E-state index contributed by atoms with van der Waals surface area (Å²) in [7, 11) is 0. The summed E-state index contributed by atoms with van der Waals surface area (Å²) >= 11 is 1.78. The first-order valence-corrected chi connectivity index (χ1v) is 7.92. The van der Waals surface area contributed by atoms with E-state index in [1.807, 2.05) is 18.3 Å². The third-order valence-electron chi connectivity index (χ3n) is 4.01. The van der Waals surface area contributed by atoms with Gasteiger partial charge < -0.3 is 5.73 Å². The van der Waals surface area contributed by atoms with Crippen LogP contribution in [0.25, 0.3) is 11.3 Å². The molecule has 2 nitrogen and oxygen atoms in total. The molecule has 2 aromatic rings. The van der Waals surface area contributed by atoms with Gasteiger partial charge in [-0.15, -0.1) is 11.3 Å². The van der Waals surface area contributed by atoms with Gasteiger partial charge in [0.25, 0.3) is 0 Å².